The molecule has 0 saturated heterocycles. The van der Waals surface area contributed by atoms with E-state index in [1.165, 1.54) is 0 Å². The van der Waals surface area contributed by atoms with Crippen molar-refractivity contribution < 1.29 is 13.5 Å². The Morgan fingerprint density at radius 2 is 1.65 bits per heavy atom. The normalized spacial score (nSPS) is 24.4. The Hall–Kier alpha value is -0.910. The average Bonchev–Trinajstić information content (AvgIpc) is 2.53. The van der Waals surface area contributed by atoms with Gasteiger partial charge in [-0.3, -0.25) is 0 Å². The van der Waals surface area contributed by atoms with Gasteiger partial charge >= 0.3 is 0 Å². The van der Waals surface area contributed by atoms with Gasteiger partial charge in [0.25, 0.3) is 0 Å². The standard InChI is InChI=1S/C15H23NO3S/c1-11-8-12(2)10-13(9-11)20(18,19)16-14-6-4-3-5-7-15(14)17/h8-10,14-17H,3-7H2,1-2H3. The fourth-order valence-electron chi connectivity index (χ4n) is 2.78. The zero-order chi connectivity index (χ0) is 14.8. The Morgan fingerprint density at radius 3 is 2.30 bits per heavy atom. The minimum atomic E-state index is -3.56. The summed E-state index contributed by atoms with van der Waals surface area (Å²) >= 11 is 0. The first-order chi connectivity index (χ1) is 9.38. The van der Waals surface area contributed by atoms with E-state index in [9.17, 15) is 13.5 Å². The molecule has 0 aromatic heterocycles. The molecule has 1 aromatic rings. The van der Waals surface area contributed by atoms with Gasteiger partial charge in [-0.15, -0.1) is 0 Å². The first-order valence-corrected chi connectivity index (χ1v) is 8.65. The SMILES string of the molecule is Cc1cc(C)cc(S(=O)(=O)NC2CCCCCC2O)c1. The molecule has 2 N–H and O–H groups in total. The quantitative estimate of drug-likeness (QED) is 0.841. The van der Waals surface area contributed by atoms with Crippen LogP contribution < -0.4 is 4.72 Å². The molecule has 1 saturated carbocycles. The molecule has 1 aromatic carbocycles. The van der Waals surface area contributed by atoms with E-state index in [4.69, 9.17) is 0 Å². The van der Waals surface area contributed by atoms with Crippen LogP contribution in [0.3, 0.4) is 0 Å². The molecule has 4 nitrogen and oxygen atoms in total. The molecule has 0 aliphatic heterocycles. The van der Waals surface area contributed by atoms with E-state index in [1.807, 2.05) is 19.9 Å². The van der Waals surface area contributed by atoms with Crippen LogP contribution in [0.2, 0.25) is 0 Å². The number of hydrogen-bond acceptors (Lipinski definition) is 3. The van der Waals surface area contributed by atoms with Crippen LogP contribution in [0.5, 0.6) is 0 Å². The highest BCUT2D eigenvalue weighted by molar-refractivity contribution is 7.89. The number of rotatable bonds is 3. The van der Waals surface area contributed by atoms with Gasteiger partial charge < -0.3 is 5.11 Å². The van der Waals surface area contributed by atoms with Crippen LogP contribution in [-0.4, -0.2) is 25.7 Å². The summed E-state index contributed by atoms with van der Waals surface area (Å²) in [5.41, 5.74) is 1.85. The highest BCUT2D eigenvalue weighted by atomic mass is 32.2. The third-order valence-electron chi connectivity index (χ3n) is 3.79. The third kappa shape index (κ3) is 3.81. The summed E-state index contributed by atoms with van der Waals surface area (Å²) in [5, 5.41) is 10.0. The summed E-state index contributed by atoms with van der Waals surface area (Å²) in [4.78, 5) is 0.284. The second-order valence-corrected chi connectivity index (χ2v) is 7.47. The molecule has 0 heterocycles. The molecule has 112 valence electrons. The van der Waals surface area contributed by atoms with Gasteiger partial charge in [-0.25, -0.2) is 13.1 Å². The Morgan fingerprint density at radius 1 is 1.05 bits per heavy atom. The Balaban J connectivity index is 2.21. The number of hydrogen-bond donors (Lipinski definition) is 2. The molecule has 1 fully saturated rings. The maximum Gasteiger partial charge on any atom is 0.240 e. The van der Waals surface area contributed by atoms with Crippen molar-refractivity contribution >= 4 is 10.0 Å². The van der Waals surface area contributed by atoms with Gasteiger partial charge in [-0.2, -0.15) is 0 Å². The van der Waals surface area contributed by atoms with Crippen molar-refractivity contribution in [2.45, 2.75) is 63.0 Å². The van der Waals surface area contributed by atoms with Gasteiger partial charge in [0, 0.05) is 6.04 Å². The van der Waals surface area contributed by atoms with E-state index in [0.717, 1.165) is 30.4 Å². The summed E-state index contributed by atoms with van der Waals surface area (Å²) < 4.78 is 27.6. The molecule has 20 heavy (non-hydrogen) atoms. The lowest BCUT2D eigenvalue weighted by Gasteiger charge is -2.21. The first-order valence-electron chi connectivity index (χ1n) is 7.17. The highest BCUT2D eigenvalue weighted by Gasteiger charge is 2.27. The van der Waals surface area contributed by atoms with Crippen molar-refractivity contribution in [3.63, 3.8) is 0 Å². The number of nitrogens with one attached hydrogen (secondary N) is 1. The molecule has 5 heteroatoms. The molecule has 2 unspecified atom stereocenters. The smallest absolute Gasteiger partial charge is 0.240 e. The van der Waals surface area contributed by atoms with Crippen LogP contribution in [0.25, 0.3) is 0 Å². The number of aryl methyl sites for hydroxylation is 2. The molecule has 0 bridgehead atoms. The van der Waals surface area contributed by atoms with Crippen LogP contribution in [0.1, 0.15) is 43.2 Å². The Labute approximate surface area is 121 Å². The van der Waals surface area contributed by atoms with Gasteiger partial charge in [-0.1, -0.05) is 25.3 Å². The first kappa shape index (κ1) is 15.5. The Kier molecular flexibility index (Phi) is 4.83. The molecular weight excluding hydrogens is 274 g/mol. The average molecular weight is 297 g/mol. The predicted octanol–water partition coefficient (Wildman–Crippen LogP) is 2.28. The zero-order valence-electron chi connectivity index (χ0n) is 12.1. The van der Waals surface area contributed by atoms with E-state index in [0.29, 0.717) is 12.8 Å². The summed E-state index contributed by atoms with van der Waals surface area (Å²) in [6, 6.07) is 4.90. The maximum absolute atomic E-state index is 12.4. The molecule has 1 aliphatic rings. The van der Waals surface area contributed by atoms with Gasteiger partial charge in [-0.05, 0) is 49.9 Å². The maximum atomic E-state index is 12.4. The fourth-order valence-corrected chi connectivity index (χ4v) is 4.27. The minimum absolute atomic E-state index is 0.284. The molecule has 0 radical (unpaired) electrons. The molecule has 2 rings (SSSR count). The lowest BCUT2D eigenvalue weighted by Crippen LogP contribution is -2.42. The van der Waals surface area contributed by atoms with E-state index in [2.05, 4.69) is 4.72 Å². The van der Waals surface area contributed by atoms with E-state index in [1.54, 1.807) is 12.1 Å². The lowest BCUT2D eigenvalue weighted by atomic mass is 10.1. The lowest BCUT2D eigenvalue weighted by molar-refractivity contribution is 0.130. The van der Waals surface area contributed by atoms with E-state index >= 15 is 0 Å². The molecule has 2 atom stereocenters. The van der Waals surface area contributed by atoms with Crippen molar-refractivity contribution in [3.05, 3.63) is 29.3 Å². The van der Waals surface area contributed by atoms with Gasteiger partial charge in [0.15, 0.2) is 0 Å². The summed E-state index contributed by atoms with van der Waals surface area (Å²) in [6.45, 7) is 3.76. The molecular formula is C15H23NO3S. The van der Waals surface area contributed by atoms with Crippen LogP contribution in [0.15, 0.2) is 23.1 Å². The molecule has 0 amide bonds. The highest BCUT2D eigenvalue weighted by Crippen LogP contribution is 2.21. The van der Waals surface area contributed by atoms with Crippen molar-refractivity contribution in [2.75, 3.05) is 0 Å². The summed E-state index contributed by atoms with van der Waals surface area (Å²) in [6.07, 6.45) is 3.75. The fraction of sp³-hybridized carbons (Fsp3) is 0.600. The predicted molar refractivity (Wildman–Crippen MR) is 79.1 cm³/mol. The van der Waals surface area contributed by atoms with E-state index < -0.39 is 16.1 Å². The van der Waals surface area contributed by atoms with Crippen LogP contribution in [-0.2, 0) is 10.0 Å². The van der Waals surface area contributed by atoms with Crippen molar-refractivity contribution in [2.24, 2.45) is 0 Å². The van der Waals surface area contributed by atoms with Crippen molar-refractivity contribution in [3.8, 4) is 0 Å². The van der Waals surface area contributed by atoms with Crippen LogP contribution in [0, 0.1) is 13.8 Å². The summed E-state index contributed by atoms with van der Waals surface area (Å²) in [7, 11) is -3.56. The second kappa shape index (κ2) is 6.24. The Bertz CT molecular complexity index is 548. The van der Waals surface area contributed by atoms with Gasteiger partial charge in [0.1, 0.15) is 0 Å². The van der Waals surface area contributed by atoms with Crippen LogP contribution in [0.4, 0.5) is 0 Å². The number of benzene rings is 1. The zero-order valence-corrected chi connectivity index (χ0v) is 12.9. The minimum Gasteiger partial charge on any atom is -0.391 e. The van der Waals surface area contributed by atoms with Gasteiger partial charge in [0.05, 0.1) is 11.0 Å². The molecule has 1 aliphatic carbocycles. The topological polar surface area (TPSA) is 66.4 Å². The van der Waals surface area contributed by atoms with Gasteiger partial charge in [0.2, 0.25) is 10.0 Å². The third-order valence-corrected chi connectivity index (χ3v) is 5.26. The monoisotopic (exact) mass is 297 g/mol. The summed E-state index contributed by atoms with van der Waals surface area (Å²) in [5.74, 6) is 0. The van der Waals surface area contributed by atoms with E-state index in [-0.39, 0.29) is 10.9 Å². The second-order valence-electron chi connectivity index (χ2n) is 5.76. The number of aliphatic hydroxyl groups is 1. The number of sulfonamides is 1. The largest absolute Gasteiger partial charge is 0.391 e. The number of aliphatic hydroxyl groups excluding tert-OH is 1. The molecule has 0 spiro atoms. The van der Waals surface area contributed by atoms with Crippen molar-refractivity contribution in [1.29, 1.82) is 0 Å². The van der Waals surface area contributed by atoms with Crippen LogP contribution >= 0.6 is 0 Å². The van der Waals surface area contributed by atoms with Crippen molar-refractivity contribution in [1.82, 2.24) is 4.72 Å².